The molecule has 1 aromatic heterocycles. The molecule has 2 rings (SSSR count). The minimum absolute atomic E-state index is 0.0451. The topological polar surface area (TPSA) is 84.9 Å². The summed E-state index contributed by atoms with van der Waals surface area (Å²) >= 11 is 1.24. The quantitative estimate of drug-likeness (QED) is 0.521. The van der Waals surface area contributed by atoms with Gasteiger partial charge in [-0.1, -0.05) is 0 Å². The minimum Gasteiger partial charge on any atom is -0.379 e. The highest BCUT2D eigenvalue weighted by Crippen LogP contribution is 2.41. The molecule has 0 amide bonds. The summed E-state index contributed by atoms with van der Waals surface area (Å²) < 4.78 is 0. The first-order chi connectivity index (χ1) is 7.20. The number of thiophene rings is 1. The van der Waals surface area contributed by atoms with E-state index in [1.807, 2.05) is 0 Å². The zero-order valence-corrected chi connectivity index (χ0v) is 8.21. The van der Waals surface area contributed by atoms with Crippen molar-refractivity contribution in [2.75, 3.05) is 0 Å². The van der Waals surface area contributed by atoms with Crippen molar-refractivity contribution in [1.82, 2.24) is 0 Å². The van der Waals surface area contributed by atoms with Gasteiger partial charge in [-0.3, -0.25) is 4.79 Å². The molecule has 0 saturated heterocycles. The zero-order chi connectivity index (χ0) is 11.0. The second kappa shape index (κ2) is 3.32. The van der Waals surface area contributed by atoms with Crippen LogP contribution in [-0.2, 0) is 4.79 Å². The second-order valence-corrected chi connectivity index (χ2v) is 3.89. The van der Waals surface area contributed by atoms with E-state index in [0.29, 0.717) is 10.4 Å². The van der Waals surface area contributed by atoms with Crippen molar-refractivity contribution in [3.8, 4) is 12.1 Å². The SMILES string of the molecule is N#CC(C#N)=C1C(=O)C(O)c2sccc21. The average Bonchev–Trinajstić information content (AvgIpc) is 2.78. The summed E-state index contributed by atoms with van der Waals surface area (Å²) in [5.74, 6) is -0.560. The number of fused-ring (bicyclic) bond motifs is 1. The van der Waals surface area contributed by atoms with Gasteiger partial charge in [0.15, 0.2) is 11.9 Å². The van der Waals surface area contributed by atoms with Crippen molar-refractivity contribution in [3.05, 3.63) is 27.5 Å². The standard InChI is InChI=1S/C10H4N2O2S/c11-3-5(4-12)7-6-1-2-15-10(6)9(14)8(7)13/h1-2,9,14H. The summed E-state index contributed by atoms with van der Waals surface area (Å²) in [6.07, 6.45) is -1.22. The lowest BCUT2D eigenvalue weighted by molar-refractivity contribution is -0.120. The molecule has 4 nitrogen and oxygen atoms in total. The van der Waals surface area contributed by atoms with Gasteiger partial charge in [0.05, 0.1) is 5.57 Å². The highest BCUT2D eigenvalue weighted by molar-refractivity contribution is 7.10. The predicted molar refractivity (Wildman–Crippen MR) is 52.4 cm³/mol. The number of ketones is 1. The Morgan fingerprint density at radius 1 is 1.47 bits per heavy atom. The van der Waals surface area contributed by atoms with E-state index < -0.39 is 11.9 Å². The van der Waals surface area contributed by atoms with Crippen molar-refractivity contribution >= 4 is 22.7 Å². The number of carbonyl (C=O) groups excluding carboxylic acids is 1. The molecule has 0 bridgehead atoms. The van der Waals surface area contributed by atoms with Crippen LogP contribution in [0.5, 0.6) is 0 Å². The Hall–Kier alpha value is -1.95. The fourth-order valence-corrected chi connectivity index (χ4v) is 2.41. The number of allylic oxidation sites excluding steroid dienone is 1. The van der Waals surface area contributed by atoms with Crippen LogP contribution in [0.2, 0.25) is 0 Å². The third-order valence-electron chi connectivity index (χ3n) is 2.18. The Kier molecular flexibility index (Phi) is 2.12. The molecule has 1 heterocycles. The van der Waals surface area contributed by atoms with Crippen molar-refractivity contribution in [3.63, 3.8) is 0 Å². The van der Waals surface area contributed by atoms with Crippen molar-refractivity contribution in [1.29, 1.82) is 10.5 Å². The molecule has 1 aromatic rings. The zero-order valence-electron chi connectivity index (χ0n) is 7.39. The van der Waals surface area contributed by atoms with Gasteiger partial charge in [0.1, 0.15) is 17.7 Å². The van der Waals surface area contributed by atoms with Crippen molar-refractivity contribution in [2.24, 2.45) is 0 Å². The molecule has 0 aromatic carbocycles. The summed E-state index contributed by atoms with van der Waals surface area (Å²) in [5, 5.41) is 28.7. The second-order valence-electron chi connectivity index (χ2n) is 2.94. The van der Waals surface area contributed by atoms with E-state index in [-0.39, 0.29) is 11.1 Å². The maximum Gasteiger partial charge on any atom is 0.199 e. The van der Waals surface area contributed by atoms with Crippen LogP contribution in [-0.4, -0.2) is 10.9 Å². The lowest BCUT2D eigenvalue weighted by Crippen LogP contribution is -2.04. The first kappa shape index (κ1) is 9.60. The molecule has 1 aliphatic rings. The van der Waals surface area contributed by atoms with Gasteiger partial charge in [-0.15, -0.1) is 11.3 Å². The Morgan fingerprint density at radius 3 is 2.73 bits per heavy atom. The smallest absolute Gasteiger partial charge is 0.199 e. The fourth-order valence-electron chi connectivity index (χ4n) is 1.52. The monoisotopic (exact) mass is 216 g/mol. The van der Waals surface area contributed by atoms with Gasteiger partial charge in [-0.2, -0.15) is 10.5 Å². The molecule has 0 aliphatic heterocycles. The lowest BCUT2D eigenvalue weighted by Gasteiger charge is -1.97. The molecule has 1 unspecified atom stereocenters. The van der Waals surface area contributed by atoms with E-state index in [0.717, 1.165) is 0 Å². The van der Waals surface area contributed by atoms with E-state index in [4.69, 9.17) is 10.5 Å². The summed E-state index contributed by atoms with van der Waals surface area (Å²) in [5.41, 5.74) is 0.315. The largest absolute Gasteiger partial charge is 0.379 e. The van der Waals surface area contributed by atoms with Crippen molar-refractivity contribution < 1.29 is 9.90 Å². The fraction of sp³-hybridized carbons (Fsp3) is 0.100. The van der Waals surface area contributed by atoms with Gasteiger partial charge in [0.2, 0.25) is 0 Å². The highest BCUT2D eigenvalue weighted by atomic mass is 32.1. The molecular weight excluding hydrogens is 212 g/mol. The van der Waals surface area contributed by atoms with E-state index in [9.17, 15) is 9.90 Å². The first-order valence-electron chi connectivity index (χ1n) is 4.05. The van der Waals surface area contributed by atoms with Gasteiger partial charge >= 0.3 is 0 Å². The molecular formula is C10H4N2O2S. The summed E-state index contributed by atoms with van der Waals surface area (Å²) in [6, 6.07) is 4.97. The molecule has 1 N–H and O–H groups in total. The van der Waals surface area contributed by atoms with E-state index >= 15 is 0 Å². The Balaban J connectivity index is 2.75. The molecule has 5 heteroatoms. The maximum absolute atomic E-state index is 11.6. The van der Waals surface area contributed by atoms with Gasteiger partial charge in [0.25, 0.3) is 0 Å². The van der Waals surface area contributed by atoms with Gasteiger partial charge in [-0.25, -0.2) is 0 Å². The molecule has 72 valence electrons. The maximum atomic E-state index is 11.6. The Labute approximate surface area is 89.3 Å². The predicted octanol–water partition coefficient (Wildman–Crippen LogP) is 1.16. The number of rotatable bonds is 0. The highest BCUT2D eigenvalue weighted by Gasteiger charge is 2.37. The van der Waals surface area contributed by atoms with Crippen LogP contribution in [0.1, 0.15) is 16.5 Å². The summed E-state index contributed by atoms with van der Waals surface area (Å²) in [7, 11) is 0. The van der Waals surface area contributed by atoms with Crippen LogP contribution in [0.3, 0.4) is 0 Å². The number of nitrogens with zero attached hydrogens (tertiary/aromatic N) is 2. The number of aliphatic hydroxyl groups excluding tert-OH is 1. The Bertz CT molecular complexity index is 541. The molecule has 1 atom stereocenters. The number of carbonyl (C=O) groups is 1. The molecule has 0 radical (unpaired) electrons. The third kappa shape index (κ3) is 1.18. The van der Waals surface area contributed by atoms with Crippen LogP contribution < -0.4 is 0 Å². The Morgan fingerprint density at radius 2 is 2.13 bits per heavy atom. The number of hydrogen-bond acceptors (Lipinski definition) is 5. The molecule has 0 spiro atoms. The third-order valence-corrected chi connectivity index (χ3v) is 3.15. The van der Waals surface area contributed by atoms with E-state index in [2.05, 4.69) is 0 Å². The number of hydrogen-bond donors (Lipinski definition) is 1. The van der Waals surface area contributed by atoms with Crippen LogP contribution in [0.15, 0.2) is 17.0 Å². The normalized spacial score (nSPS) is 18.2. The van der Waals surface area contributed by atoms with Gasteiger partial charge < -0.3 is 5.11 Å². The van der Waals surface area contributed by atoms with Crippen molar-refractivity contribution in [2.45, 2.75) is 6.10 Å². The molecule has 15 heavy (non-hydrogen) atoms. The van der Waals surface area contributed by atoms with Gasteiger partial charge in [0, 0.05) is 10.4 Å². The number of Topliss-reactive ketones (excluding diaryl/α,β-unsaturated/α-hetero) is 1. The molecule has 0 fully saturated rings. The molecule has 1 aliphatic carbocycles. The van der Waals surface area contributed by atoms with Crippen LogP contribution >= 0.6 is 11.3 Å². The number of nitriles is 2. The van der Waals surface area contributed by atoms with Gasteiger partial charge in [-0.05, 0) is 11.4 Å². The first-order valence-corrected chi connectivity index (χ1v) is 4.93. The average molecular weight is 216 g/mol. The van der Waals surface area contributed by atoms with Crippen LogP contribution in [0.4, 0.5) is 0 Å². The summed E-state index contributed by atoms with van der Waals surface area (Å²) in [6.45, 7) is 0. The number of aliphatic hydroxyl groups is 1. The van der Waals surface area contributed by atoms with Crippen LogP contribution in [0.25, 0.3) is 5.57 Å². The van der Waals surface area contributed by atoms with E-state index in [1.54, 1.807) is 23.6 Å². The van der Waals surface area contributed by atoms with Crippen LogP contribution in [0, 0.1) is 22.7 Å². The van der Waals surface area contributed by atoms with E-state index in [1.165, 1.54) is 11.3 Å². The lowest BCUT2D eigenvalue weighted by atomic mass is 10.0. The minimum atomic E-state index is -1.22. The molecule has 0 saturated carbocycles. The summed E-state index contributed by atoms with van der Waals surface area (Å²) in [4.78, 5) is 12.1.